The second kappa shape index (κ2) is 37.3. The molecular weight excluding hydrogens is 657 g/mol. The van der Waals surface area contributed by atoms with E-state index >= 15 is 0 Å². The molecule has 0 bridgehead atoms. The highest BCUT2D eigenvalue weighted by atomic mass is 16.6. The molecule has 1 fully saturated rings. The van der Waals surface area contributed by atoms with E-state index in [1.54, 1.807) is 6.21 Å². The van der Waals surface area contributed by atoms with E-state index in [0.29, 0.717) is 0 Å². The fraction of sp³-hybridized carbons (Fsp3) is 0.936. The van der Waals surface area contributed by atoms with Gasteiger partial charge in [-0.3, -0.25) is 0 Å². The van der Waals surface area contributed by atoms with Crippen molar-refractivity contribution in [3.8, 4) is 0 Å². The molecule has 0 atom stereocenters. The van der Waals surface area contributed by atoms with Crippen molar-refractivity contribution in [1.29, 1.82) is 0 Å². The Morgan fingerprint density at radius 3 is 1.11 bits per heavy atom. The average Bonchev–Trinajstić information content (AvgIpc) is 3.46. The third kappa shape index (κ3) is 31.3. The van der Waals surface area contributed by atoms with Crippen LogP contribution in [0.25, 0.3) is 0 Å². The van der Waals surface area contributed by atoms with Gasteiger partial charge < -0.3 is 14.7 Å². The van der Waals surface area contributed by atoms with Crippen molar-refractivity contribution < 1.29 is 19.4 Å². The number of likely N-dealkylation sites (tertiary alicyclic amines) is 1. The summed E-state index contributed by atoms with van der Waals surface area (Å²) < 4.78 is 6.00. The van der Waals surface area contributed by atoms with Gasteiger partial charge in [0.05, 0.1) is 0 Å². The molecule has 6 nitrogen and oxygen atoms in total. The Bertz CT molecular complexity index is 802. The predicted octanol–water partition coefficient (Wildman–Crippen LogP) is 16.0. The molecule has 1 N–H and O–H groups in total. The van der Waals surface area contributed by atoms with Crippen molar-refractivity contribution in [3.63, 3.8) is 0 Å². The van der Waals surface area contributed by atoms with Crippen LogP contribution in [0.15, 0.2) is 4.99 Å². The lowest BCUT2D eigenvalue weighted by Gasteiger charge is -2.31. The number of rotatable bonds is 37. The Labute approximate surface area is 329 Å². The van der Waals surface area contributed by atoms with Crippen LogP contribution in [-0.4, -0.2) is 48.1 Å². The molecule has 0 aromatic heterocycles. The summed E-state index contributed by atoms with van der Waals surface area (Å²) in [6.45, 7) is 6.32. The fourth-order valence-corrected chi connectivity index (χ4v) is 8.23. The highest BCUT2D eigenvalue weighted by molar-refractivity contribution is 5.81. The van der Waals surface area contributed by atoms with E-state index in [1.807, 2.05) is 4.90 Å². The van der Waals surface area contributed by atoms with E-state index < -0.39 is 11.5 Å². The maximum atomic E-state index is 13.1. The zero-order chi connectivity index (χ0) is 38.3. The highest BCUT2D eigenvalue weighted by Gasteiger charge is 2.31. The van der Waals surface area contributed by atoms with Gasteiger partial charge in [-0.2, -0.15) is 4.99 Å². The minimum absolute atomic E-state index is 0.233. The molecular formula is C47H90N2O4. The first kappa shape index (κ1) is 49.4. The lowest BCUT2D eigenvalue weighted by Crippen LogP contribution is -2.37. The molecule has 53 heavy (non-hydrogen) atoms. The molecule has 1 aliphatic rings. The molecule has 0 radical (unpaired) electrons. The van der Waals surface area contributed by atoms with Crippen molar-refractivity contribution in [2.45, 2.75) is 258 Å². The van der Waals surface area contributed by atoms with E-state index in [9.17, 15) is 14.7 Å². The van der Waals surface area contributed by atoms with Crippen LogP contribution in [0, 0.1) is 5.41 Å². The Morgan fingerprint density at radius 1 is 0.509 bits per heavy atom. The Balaban J connectivity index is 2.42. The molecule has 1 rings (SSSR count). The molecule has 6 heteroatoms. The summed E-state index contributed by atoms with van der Waals surface area (Å²) in [5.74, 6) is 0. The van der Waals surface area contributed by atoms with Crippen LogP contribution in [-0.2, 0) is 4.74 Å². The van der Waals surface area contributed by atoms with Gasteiger partial charge in [-0.15, -0.1) is 0 Å². The smallest absolute Gasteiger partial charge is 0.430 e. The number of carbonyl (C=O) groups is 2. The molecule has 1 aliphatic heterocycles. The molecule has 0 aliphatic carbocycles. The first-order valence-corrected chi connectivity index (χ1v) is 23.7. The normalized spacial score (nSPS) is 13.9. The first-order chi connectivity index (χ1) is 26.0. The van der Waals surface area contributed by atoms with Gasteiger partial charge in [-0.25, -0.2) is 9.59 Å². The van der Waals surface area contributed by atoms with E-state index in [2.05, 4.69) is 18.8 Å². The standard InChI is InChI=1S/C47H90N2O4/c1-3-5-7-9-11-13-15-17-19-21-23-25-27-29-31-35-39-47(43-48-45(50)51,44-53-46(52)49-41-37-33-34-38-42-49)40-36-32-30-28-26-24-22-20-18-16-14-12-10-8-6-4-2/h43H,3-42,44H2,1-2H3,(H,50,51). The molecule has 0 spiro atoms. The number of ether oxygens (including phenoxy) is 1. The summed E-state index contributed by atoms with van der Waals surface area (Å²) in [5, 5.41) is 9.50. The summed E-state index contributed by atoms with van der Waals surface area (Å²) in [5.41, 5.74) is -0.508. The molecule has 1 heterocycles. The molecule has 312 valence electrons. The number of nitrogens with zero attached hydrogens (tertiary/aromatic N) is 2. The van der Waals surface area contributed by atoms with Crippen molar-refractivity contribution in [2.24, 2.45) is 10.4 Å². The maximum Gasteiger partial charge on any atom is 0.430 e. The van der Waals surface area contributed by atoms with Crippen LogP contribution in [0.4, 0.5) is 9.59 Å². The van der Waals surface area contributed by atoms with Gasteiger partial charge in [0.15, 0.2) is 0 Å². The van der Waals surface area contributed by atoms with Gasteiger partial charge in [0.25, 0.3) is 0 Å². The zero-order valence-corrected chi connectivity index (χ0v) is 35.6. The van der Waals surface area contributed by atoms with E-state index in [4.69, 9.17) is 4.74 Å². The molecule has 0 aromatic rings. The average molecular weight is 747 g/mol. The Hall–Kier alpha value is -1.59. The Morgan fingerprint density at radius 2 is 0.811 bits per heavy atom. The van der Waals surface area contributed by atoms with Crippen LogP contribution >= 0.6 is 0 Å². The lowest BCUT2D eigenvalue weighted by atomic mass is 9.79. The number of unbranched alkanes of at least 4 members (excludes halogenated alkanes) is 30. The summed E-state index contributed by atoms with van der Waals surface area (Å²) in [6.07, 6.45) is 48.8. The summed E-state index contributed by atoms with van der Waals surface area (Å²) in [4.78, 5) is 30.5. The first-order valence-electron chi connectivity index (χ1n) is 23.7. The van der Waals surface area contributed by atoms with Gasteiger partial charge in [-0.05, 0) is 25.7 Å². The van der Waals surface area contributed by atoms with Crippen molar-refractivity contribution in [1.82, 2.24) is 4.90 Å². The van der Waals surface area contributed by atoms with Gasteiger partial charge in [0, 0.05) is 24.7 Å². The van der Waals surface area contributed by atoms with E-state index in [1.165, 1.54) is 180 Å². The number of carbonyl (C=O) groups excluding carboxylic acids is 1. The van der Waals surface area contributed by atoms with Gasteiger partial charge in [0.2, 0.25) is 0 Å². The molecule has 0 aromatic carbocycles. The highest BCUT2D eigenvalue weighted by Crippen LogP contribution is 2.32. The van der Waals surface area contributed by atoms with E-state index in [-0.39, 0.29) is 12.7 Å². The number of hydrogen-bond acceptors (Lipinski definition) is 3. The van der Waals surface area contributed by atoms with Crippen LogP contribution in [0.2, 0.25) is 0 Å². The number of hydrogen-bond donors (Lipinski definition) is 1. The largest absolute Gasteiger partial charge is 0.463 e. The van der Waals surface area contributed by atoms with Crippen LogP contribution in [0.5, 0.6) is 0 Å². The molecule has 0 unspecified atom stereocenters. The number of amides is 2. The van der Waals surface area contributed by atoms with Gasteiger partial charge in [0.1, 0.15) is 6.61 Å². The van der Waals surface area contributed by atoms with Crippen LogP contribution < -0.4 is 0 Å². The number of aliphatic imine (C=N–C) groups is 1. The van der Waals surface area contributed by atoms with Crippen LogP contribution in [0.1, 0.15) is 258 Å². The predicted molar refractivity (Wildman–Crippen MR) is 229 cm³/mol. The zero-order valence-electron chi connectivity index (χ0n) is 35.6. The second-order valence-corrected chi connectivity index (χ2v) is 17.0. The van der Waals surface area contributed by atoms with Crippen molar-refractivity contribution in [2.75, 3.05) is 19.7 Å². The summed E-state index contributed by atoms with van der Waals surface area (Å²) in [6, 6.07) is 0. The van der Waals surface area contributed by atoms with Crippen LogP contribution in [0.3, 0.4) is 0 Å². The van der Waals surface area contributed by atoms with Crippen molar-refractivity contribution >= 4 is 18.4 Å². The summed E-state index contributed by atoms with van der Waals surface area (Å²) >= 11 is 0. The number of carboxylic acid groups (broad SMARTS) is 1. The topological polar surface area (TPSA) is 79.2 Å². The van der Waals surface area contributed by atoms with Gasteiger partial charge >= 0.3 is 12.2 Å². The quantitative estimate of drug-likeness (QED) is 0.0507. The minimum Gasteiger partial charge on any atom is -0.463 e. The summed E-state index contributed by atoms with van der Waals surface area (Å²) in [7, 11) is 0. The van der Waals surface area contributed by atoms with Gasteiger partial charge in [-0.1, -0.05) is 232 Å². The minimum atomic E-state index is -1.16. The fourth-order valence-electron chi connectivity index (χ4n) is 8.23. The van der Waals surface area contributed by atoms with Crippen molar-refractivity contribution in [3.05, 3.63) is 0 Å². The third-order valence-corrected chi connectivity index (χ3v) is 11.9. The second-order valence-electron chi connectivity index (χ2n) is 17.0. The van der Waals surface area contributed by atoms with E-state index in [0.717, 1.165) is 77.3 Å². The molecule has 0 saturated carbocycles. The third-order valence-electron chi connectivity index (χ3n) is 11.9. The molecule has 1 saturated heterocycles. The molecule has 2 amide bonds. The Kier molecular flexibility index (Phi) is 34.8. The maximum absolute atomic E-state index is 13.1. The SMILES string of the molecule is CCCCCCCCCCCCCCCCCCC(C=NC(=O)O)(CCCCCCCCCCCCCCCCCC)COC(=O)N1CCCCCC1. The monoisotopic (exact) mass is 747 g/mol. The lowest BCUT2D eigenvalue weighted by molar-refractivity contribution is 0.0712.